The molecule has 1 aromatic heterocycles. The van der Waals surface area contributed by atoms with Crippen molar-refractivity contribution in [3.8, 4) is 0 Å². The number of piperidine rings is 1. The van der Waals surface area contributed by atoms with E-state index in [9.17, 15) is 4.79 Å². The highest BCUT2D eigenvalue weighted by atomic mass is 16.2. The Labute approximate surface area is 155 Å². The molecular weight excluding hydrogens is 326 g/mol. The Kier molecular flexibility index (Phi) is 5.83. The molecule has 1 unspecified atom stereocenters. The van der Waals surface area contributed by atoms with Gasteiger partial charge in [-0.3, -0.25) is 9.69 Å². The maximum Gasteiger partial charge on any atom is 0.274 e. The third-order valence-electron chi connectivity index (χ3n) is 4.91. The largest absolute Gasteiger partial charge is 0.361 e. The summed E-state index contributed by atoms with van der Waals surface area (Å²) < 4.78 is 0. The molecule has 0 spiro atoms. The van der Waals surface area contributed by atoms with Crippen LogP contribution < -0.4 is 4.90 Å². The monoisotopic (exact) mass is 353 g/mol. The number of carbonyl (C=O) groups excluding carboxylic acids is 1. The van der Waals surface area contributed by atoms with Gasteiger partial charge in [-0.25, -0.2) is 9.97 Å². The Morgan fingerprint density at radius 2 is 1.92 bits per heavy atom. The summed E-state index contributed by atoms with van der Waals surface area (Å²) in [6.07, 6.45) is 5.33. The average molecular weight is 353 g/mol. The van der Waals surface area contributed by atoms with Gasteiger partial charge in [-0.05, 0) is 24.9 Å². The highest BCUT2D eigenvalue weighted by molar-refractivity contribution is 5.92. The molecule has 26 heavy (non-hydrogen) atoms. The van der Waals surface area contributed by atoms with Crippen LogP contribution in [-0.4, -0.2) is 65.9 Å². The lowest BCUT2D eigenvalue weighted by atomic mass is 10.0. The fourth-order valence-electron chi connectivity index (χ4n) is 3.34. The molecule has 138 valence electrons. The van der Waals surface area contributed by atoms with Gasteiger partial charge in [0, 0.05) is 40.3 Å². The van der Waals surface area contributed by atoms with Crippen LogP contribution in [0.1, 0.15) is 28.9 Å². The molecule has 1 atom stereocenters. The van der Waals surface area contributed by atoms with Gasteiger partial charge in [-0.1, -0.05) is 30.3 Å². The molecule has 6 heteroatoms. The van der Waals surface area contributed by atoms with E-state index in [4.69, 9.17) is 0 Å². The van der Waals surface area contributed by atoms with E-state index in [2.05, 4.69) is 39.1 Å². The molecule has 6 nitrogen and oxygen atoms in total. The van der Waals surface area contributed by atoms with Crippen LogP contribution >= 0.6 is 0 Å². The van der Waals surface area contributed by atoms with Gasteiger partial charge in [0.05, 0.1) is 12.4 Å². The lowest BCUT2D eigenvalue weighted by Crippen LogP contribution is -2.48. The van der Waals surface area contributed by atoms with Gasteiger partial charge in [0.15, 0.2) is 0 Å². The van der Waals surface area contributed by atoms with Crippen molar-refractivity contribution in [2.75, 3.05) is 39.1 Å². The second kappa shape index (κ2) is 8.27. The minimum atomic E-state index is -0.0608. The molecule has 0 aliphatic carbocycles. The van der Waals surface area contributed by atoms with E-state index in [0.29, 0.717) is 5.69 Å². The molecule has 1 amide bonds. The fraction of sp³-hybridized carbons (Fsp3) is 0.450. The molecule has 2 heterocycles. The zero-order valence-corrected chi connectivity index (χ0v) is 15.8. The van der Waals surface area contributed by atoms with Gasteiger partial charge in [-0.2, -0.15) is 0 Å². The number of nitrogens with zero attached hydrogens (tertiary/aromatic N) is 5. The highest BCUT2D eigenvalue weighted by Gasteiger charge is 2.27. The van der Waals surface area contributed by atoms with Crippen molar-refractivity contribution >= 4 is 11.7 Å². The molecule has 1 saturated heterocycles. The summed E-state index contributed by atoms with van der Waals surface area (Å²) in [5.74, 6) is 0.685. The summed E-state index contributed by atoms with van der Waals surface area (Å²) in [6.45, 7) is 2.89. The van der Waals surface area contributed by atoms with Crippen molar-refractivity contribution in [2.45, 2.75) is 25.4 Å². The van der Waals surface area contributed by atoms with Crippen LogP contribution in [0, 0.1) is 0 Å². The average Bonchev–Trinajstić information content (AvgIpc) is 2.68. The van der Waals surface area contributed by atoms with Crippen LogP contribution in [0.2, 0.25) is 0 Å². The first-order valence-electron chi connectivity index (χ1n) is 9.07. The zero-order valence-electron chi connectivity index (χ0n) is 15.8. The van der Waals surface area contributed by atoms with Crippen molar-refractivity contribution in [3.05, 3.63) is 54.0 Å². The molecule has 1 aliphatic heterocycles. The number of rotatable bonds is 5. The summed E-state index contributed by atoms with van der Waals surface area (Å²) in [6, 6.07) is 10.7. The van der Waals surface area contributed by atoms with Crippen molar-refractivity contribution in [3.63, 3.8) is 0 Å². The molecule has 2 aromatic rings. The Balaban J connectivity index is 1.62. The topological polar surface area (TPSA) is 52.6 Å². The van der Waals surface area contributed by atoms with E-state index in [0.717, 1.165) is 38.3 Å². The van der Waals surface area contributed by atoms with Crippen molar-refractivity contribution in [2.24, 2.45) is 0 Å². The number of likely N-dealkylation sites (tertiary alicyclic amines) is 1. The van der Waals surface area contributed by atoms with Gasteiger partial charge < -0.3 is 9.80 Å². The zero-order chi connectivity index (χ0) is 18.5. The molecule has 0 bridgehead atoms. The lowest BCUT2D eigenvalue weighted by Gasteiger charge is -2.37. The second-order valence-electron chi connectivity index (χ2n) is 7.09. The first-order valence-corrected chi connectivity index (χ1v) is 9.07. The Hall–Kier alpha value is -2.47. The van der Waals surface area contributed by atoms with Gasteiger partial charge >= 0.3 is 0 Å². The predicted molar refractivity (Wildman–Crippen MR) is 103 cm³/mol. The second-order valence-corrected chi connectivity index (χ2v) is 7.09. The first kappa shape index (κ1) is 18.3. The molecule has 1 aliphatic rings. The Morgan fingerprint density at radius 3 is 2.58 bits per heavy atom. The third-order valence-corrected chi connectivity index (χ3v) is 4.91. The van der Waals surface area contributed by atoms with Crippen LogP contribution in [-0.2, 0) is 6.54 Å². The van der Waals surface area contributed by atoms with E-state index in [1.807, 2.05) is 37.0 Å². The summed E-state index contributed by atoms with van der Waals surface area (Å²) in [5.41, 5.74) is 1.71. The normalized spacial score (nSPS) is 17.7. The SMILES string of the molecule is CN(C)c1cnc(C(=O)N(C)C2CCCN(Cc3ccccc3)C2)cn1. The molecule has 0 radical (unpaired) electrons. The highest BCUT2D eigenvalue weighted by Crippen LogP contribution is 2.18. The van der Waals surface area contributed by atoms with E-state index in [1.165, 1.54) is 5.56 Å². The number of amides is 1. The lowest BCUT2D eigenvalue weighted by molar-refractivity contribution is 0.0603. The van der Waals surface area contributed by atoms with E-state index in [1.54, 1.807) is 12.4 Å². The van der Waals surface area contributed by atoms with Crippen LogP contribution in [0.5, 0.6) is 0 Å². The minimum absolute atomic E-state index is 0.0608. The number of hydrogen-bond acceptors (Lipinski definition) is 5. The minimum Gasteiger partial charge on any atom is -0.361 e. The van der Waals surface area contributed by atoms with Crippen molar-refractivity contribution in [1.82, 2.24) is 19.8 Å². The van der Waals surface area contributed by atoms with E-state index in [-0.39, 0.29) is 11.9 Å². The third kappa shape index (κ3) is 4.38. The fourth-order valence-corrected chi connectivity index (χ4v) is 3.34. The van der Waals surface area contributed by atoms with Crippen LogP contribution in [0.25, 0.3) is 0 Å². The number of hydrogen-bond donors (Lipinski definition) is 0. The number of aromatic nitrogens is 2. The number of carbonyl (C=O) groups is 1. The quantitative estimate of drug-likeness (QED) is 0.825. The van der Waals surface area contributed by atoms with Gasteiger partial charge in [0.1, 0.15) is 11.5 Å². The Bertz CT molecular complexity index is 717. The van der Waals surface area contributed by atoms with Crippen LogP contribution in [0.3, 0.4) is 0 Å². The summed E-state index contributed by atoms with van der Waals surface area (Å²) in [7, 11) is 5.68. The molecule has 3 rings (SSSR count). The summed E-state index contributed by atoms with van der Waals surface area (Å²) in [5, 5.41) is 0. The van der Waals surface area contributed by atoms with Gasteiger partial charge in [0.25, 0.3) is 5.91 Å². The molecule has 0 N–H and O–H groups in total. The molecule has 1 fully saturated rings. The van der Waals surface area contributed by atoms with Crippen LogP contribution in [0.4, 0.5) is 5.82 Å². The maximum atomic E-state index is 12.8. The Morgan fingerprint density at radius 1 is 1.15 bits per heavy atom. The molecular formula is C20H27N5O. The maximum absolute atomic E-state index is 12.8. The van der Waals surface area contributed by atoms with Gasteiger partial charge in [-0.15, -0.1) is 0 Å². The first-order chi connectivity index (χ1) is 12.5. The van der Waals surface area contributed by atoms with Gasteiger partial charge in [0.2, 0.25) is 0 Å². The van der Waals surface area contributed by atoms with Crippen molar-refractivity contribution < 1.29 is 4.79 Å². The molecule has 1 aromatic carbocycles. The van der Waals surface area contributed by atoms with E-state index < -0.39 is 0 Å². The summed E-state index contributed by atoms with van der Waals surface area (Å²) >= 11 is 0. The van der Waals surface area contributed by atoms with Crippen LogP contribution in [0.15, 0.2) is 42.7 Å². The number of likely N-dealkylation sites (N-methyl/N-ethyl adjacent to an activating group) is 1. The van der Waals surface area contributed by atoms with Crippen molar-refractivity contribution in [1.29, 1.82) is 0 Å². The number of anilines is 1. The predicted octanol–water partition coefficient (Wildman–Crippen LogP) is 2.28. The smallest absolute Gasteiger partial charge is 0.274 e. The number of benzene rings is 1. The van der Waals surface area contributed by atoms with E-state index >= 15 is 0 Å². The standard InChI is InChI=1S/C20H27N5O/c1-23(2)19-13-21-18(12-22-19)20(26)24(3)17-10-7-11-25(15-17)14-16-8-5-4-6-9-16/h4-6,8-9,12-13,17H,7,10-11,14-15H2,1-3H3. The molecule has 0 saturated carbocycles. The summed E-state index contributed by atoms with van der Waals surface area (Å²) in [4.78, 5) is 27.5.